The van der Waals surface area contributed by atoms with E-state index in [1.54, 1.807) is 24.3 Å². The number of hydrogen-bond donors (Lipinski definition) is 0. The molecule has 0 aliphatic carbocycles. The summed E-state index contributed by atoms with van der Waals surface area (Å²) in [5, 5.41) is 0. The summed E-state index contributed by atoms with van der Waals surface area (Å²) >= 11 is 0. The lowest BCUT2D eigenvalue weighted by atomic mass is 10.1. The number of fused-ring (bicyclic) bond motifs is 1. The van der Waals surface area contributed by atoms with Crippen molar-refractivity contribution < 1.29 is 13.9 Å². The van der Waals surface area contributed by atoms with Crippen LogP contribution in [0.2, 0.25) is 0 Å². The van der Waals surface area contributed by atoms with Crippen molar-refractivity contribution in [3.8, 4) is 0 Å². The molecule has 3 heterocycles. The molecule has 0 N–H and O–H groups in total. The summed E-state index contributed by atoms with van der Waals surface area (Å²) in [5.74, 6) is 1.13. The molecule has 1 amide bonds. The summed E-state index contributed by atoms with van der Waals surface area (Å²) in [5.41, 5.74) is 0.571. The summed E-state index contributed by atoms with van der Waals surface area (Å²) in [4.78, 5) is 18.6. The molecule has 0 aromatic carbocycles. The smallest absolute Gasteiger partial charge is 0.257 e. The number of hydrogen-bond acceptors (Lipinski definition) is 4. The van der Waals surface area contributed by atoms with Gasteiger partial charge in [-0.1, -0.05) is 0 Å². The average molecular weight is 275 g/mol. The van der Waals surface area contributed by atoms with Crippen molar-refractivity contribution in [3.63, 3.8) is 0 Å². The van der Waals surface area contributed by atoms with E-state index >= 15 is 0 Å². The van der Waals surface area contributed by atoms with E-state index in [4.69, 9.17) is 9.15 Å². The minimum atomic E-state index is -0.0312. The highest BCUT2D eigenvalue weighted by Crippen LogP contribution is 2.18. The van der Waals surface area contributed by atoms with Crippen molar-refractivity contribution in [2.45, 2.75) is 13.1 Å². The third kappa shape index (κ3) is 2.46. The van der Waals surface area contributed by atoms with Gasteiger partial charge >= 0.3 is 0 Å². The summed E-state index contributed by atoms with van der Waals surface area (Å²) < 4.78 is 12.3. The Hall–Kier alpha value is -2.08. The van der Waals surface area contributed by atoms with Crippen LogP contribution in [-0.4, -0.2) is 40.6 Å². The molecule has 0 fully saturated rings. The highest BCUT2D eigenvalue weighted by molar-refractivity contribution is 5.93. The number of ether oxygens (including phenoxy) is 1. The maximum atomic E-state index is 12.5. The highest BCUT2D eigenvalue weighted by atomic mass is 16.5. The van der Waals surface area contributed by atoms with Crippen molar-refractivity contribution in [1.29, 1.82) is 0 Å². The molecule has 1 aliphatic rings. The Labute approximate surface area is 117 Å². The van der Waals surface area contributed by atoms with Crippen molar-refractivity contribution in [2.75, 3.05) is 20.3 Å². The number of nitrogens with zero attached hydrogens (tertiary/aromatic N) is 3. The second-order valence-corrected chi connectivity index (χ2v) is 5.01. The standard InChI is InChI=1S/C14H17N3O3/c1-19-9-11-6-16-4-3-15-13(16)8-17(7-11)14(18)12-2-5-20-10-12/h2-5,10-11H,6-9H2,1H3/t11-/m0/s1. The van der Waals surface area contributed by atoms with Gasteiger partial charge in [0.05, 0.1) is 25.0 Å². The lowest BCUT2D eigenvalue weighted by molar-refractivity contribution is 0.0665. The van der Waals surface area contributed by atoms with E-state index in [9.17, 15) is 4.79 Å². The second kappa shape index (κ2) is 5.50. The Kier molecular flexibility index (Phi) is 3.56. The molecule has 20 heavy (non-hydrogen) atoms. The fourth-order valence-corrected chi connectivity index (χ4v) is 2.61. The molecule has 2 aromatic rings. The topological polar surface area (TPSA) is 60.5 Å². The first-order valence-corrected chi connectivity index (χ1v) is 6.58. The SMILES string of the molecule is COC[C@@H]1CN(C(=O)c2ccoc2)Cc2nccn2C1. The molecule has 2 aromatic heterocycles. The second-order valence-electron chi connectivity index (χ2n) is 5.01. The molecule has 1 atom stereocenters. The summed E-state index contributed by atoms with van der Waals surface area (Å²) in [6.07, 6.45) is 6.71. The first-order valence-electron chi connectivity index (χ1n) is 6.58. The molecule has 0 saturated heterocycles. The predicted molar refractivity (Wildman–Crippen MR) is 71.0 cm³/mol. The lowest BCUT2D eigenvalue weighted by Crippen LogP contribution is -2.35. The average Bonchev–Trinajstić information content (AvgIpc) is 3.07. The molecule has 106 valence electrons. The minimum Gasteiger partial charge on any atom is -0.472 e. The Morgan fingerprint density at radius 2 is 2.45 bits per heavy atom. The molecular weight excluding hydrogens is 258 g/mol. The van der Waals surface area contributed by atoms with Crippen LogP contribution in [0.3, 0.4) is 0 Å². The van der Waals surface area contributed by atoms with Gasteiger partial charge in [0.1, 0.15) is 12.1 Å². The van der Waals surface area contributed by atoms with Gasteiger partial charge < -0.3 is 18.6 Å². The van der Waals surface area contributed by atoms with Crippen LogP contribution >= 0.6 is 0 Å². The Morgan fingerprint density at radius 3 is 3.20 bits per heavy atom. The van der Waals surface area contributed by atoms with Gasteiger partial charge in [0, 0.05) is 38.5 Å². The maximum Gasteiger partial charge on any atom is 0.257 e. The molecule has 6 nitrogen and oxygen atoms in total. The van der Waals surface area contributed by atoms with Crippen LogP contribution in [-0.2, 0) is 17.8 Å². The van der Waals surface area contributed by atoms with Gasteiger partial charge in [0.15, 0.2) is 0 Å². The first kappa shape index (κ1) is 12.9. The summed E-state index contributed by atoms with van der Waals surface area (Å²) in [7, 11) is 1.68. The van der Waals surface area contributed by atoms with Gasteiger partial charge in [-0.05, 0) is 6.07 Å². The van der Waals surface area contributed by atoms with E-state index in [1.165, 1.54) is 12.5 Å². The molecule has 0 radical (unpaired) electrons. The molecule has 3 rings (SSSR count). The molecule has 0 unspecified atom stereocenters. The van der Waals surface area contributed by atoms with Crippen LogP contribution in [0.4, 0.5) is 0 Å². The molecule has 6 heteroatoms. The fraction of sp³-hybridized carbons (Fsp3) is 0.429. The highest BCUT2D eigenvalue weighted by Gasteiger charge is 2.26. The Bertz CT molecular complexity index is 576. The summed E-state index contributed by atoms with van der Waals surface area (Å²) in [6.45, 7) is 2.60. The predicted octanol–water partition coefficient (Wildman–Crippen LogP) is 1.39. The molecule has 0 saturated carbocycles. The van der Waals surface area contributed by atoms with E-state index in [0.29, 0.717) is 25.3 Å². The first-order chi connectivity index (χ1) is 9.78. The Morgan fingerprint density at radius 1 is 1.55 bits per heavy atom. The molecule has 0 bridgehead atoms. The molecule has 0 spiro atoms. The zero-order valence-electron chi connectivity index (χ0n) is 11.4. The van der Waals surface area contributed by atoms with Crippen LogP contribution in [0.1, 0.15) is 16.2 Å². The third-order valence-electron chi connectivity index (χ3n) is 3.53. The van der Waals surface area contributed by atoms with Crippen molar-refractivity contribution in [3.05, 3.63) is 42.4 Å². The summed E-state index contributed by atoms with van der Waals surface area (Å²) in [6, 6.07) is 1.69. The fourth-order valence-electron chi connectivity index (χ4n) is 2.61. The lowest BCUT2D eigenvalue weighted by Gasteiger charge is -2.23. The van der Waals surface area contributed by atoms with Gasteiger partial charge in [0.2, 0.25) is 0 Å². The number of carbonyl (C=O) groups is 1. The maximum absolute atomic E-state index is 12.5. The Balaban J connectivity index is 1.85. The van der Waals surface area contributed by atoms with E-state index in [-0.39, 0.29) is 11.8 Å². The van der Waals surface area contributed by atoms with Crippen molar-refractivity contribution >= 4 is 5.91 Å². The van der Waals surface area contributed by atoms with E-state index in [0.717, 1.165) is 12.4 Å². The minimum absolute atomic E-state index is 0.0312. The zero-order chi connectivity index (χ0) is 13.9. The van der Waals surface area contributed by atoms with Crippen molar-refractivity contribution in [2.24, 2.45) is 5.92 Å². The monoisotopic (exact) mass is 275 g/mol. The van der Waals surface area contributed by atoms with E-state index < -0.39 is 0 Å². The van der Waals surface area contributed by atoms with Crippen LogP contribution in [0.5, 0.6) is 0 Å². The van der Waals surface area contributed by atoms with E-state index in [2.05, 4.69) is 9.55 Å². The van der Waals surface area contributed by atoms with Gasteiger partial charge in [-0.15, -0.1) is 0 Å². The number of methoxy groups -OCH3 is 1. The quantitative estimate of drug-likeness (QED) is 0.849. The number of furan rings is 1. The van der Waals surface area contributed by atoms with Gasteiger partial charge in [-0.25, -0.2) is 4.98 Å². The number of amides is 1. The number of imidazole rings is 1. The van der Waals surface area contributed by atoms with Crippen LogP contribution < -0.4 is 0 Å². The largest absolute Gasteiger partial charge is 0.472 e. The van der Waals surface area contributed by atoms with Crippen LogP contribution in [0, 0.1) is 5.92 Å². The normalized spacial score (nSPS) is 18.6. The number of carbonyl (C=O) groups excluding carboxylic acids is 1. The van der Waals surface area contributed by atoms with Gasteiger partial charge in [-0.2, -0.15) is 0 Å². The van der Waals surface area contributed by atoms with Crippen molar-refractivity contribution in [1.82, 2.24) is 14.5 Å². The van der Waals surface area contributed by atoms with Gasteiger partial charge in [0.25, 0.3) is 5.91 Å². The van der Waals surface area contributed by atoms with Gasteiger partial charge in [-0.3, -0.25) is 4.79 Å². The molecule has 1 aliphatic heterocycles. The number of rotatable bonds is 3. The van der Waals surface area contributed by atoms with Crippen LogP contribution in [0.25, 0.3) is 0 Å². The van der Waals surface area contributed by atoms with Crippen LogP contribution in [0.15, 0.2) is 35.4 Å². The molecular formula is C14H17N3O3. The number of aromatic nitrogens is 2. The van der Waals surface area contributed by atoms with E-state index in [1.807, 2.05) is 6.20 Å². The third-order valence-corrected chi connectivity index (χ3v) is 3.53. The zero-order valence-corrected chi connectivity index (χ0v) is 11.4.